The van der Waals surface area contributed by atoms with Gasteiger partial charge >= 0.3 is 0 Å². The van der Waals surface area contributed by atoms with Crippen LogP contribution in [0.5, 0.6) is 0 Å². The second kappa shape index (κ2) is 3.96. The Bertz CT molecular complexity index is 347. The zero-order valence-corrected chi connectivity index (χ0v) is 10.1. The van der Waals surface area contributed by atoms with Crippen LogP contribution in [0.1, 0.15) is 50.6 Å². The van der Waals surface area contributed by atoms with Crippen molar-refractivity contribution in [3.8, 4) is 0 Å². The summed E-state index contributed by atoms with van der Waals surface area (Å²) in [5.41, 5.74) is 4.46. The summed E-state index contributed by atoms with van der Waals surface area (Å²) in [6, 6.07) is 4.51. The van der Waals surface area contributed by atoms with Crippen molar-refractivity contribution in [2.75, 3.05) is 0 Å². The van der Waals surface area contributed by atoms with Gasteiger partial charge < -0.3 is 0 Å². The third kappa shape index (κ3) is 2.80. The molecule has 0 spiro atoms. The van der Waals surface area contributed by atoms with E-state index in [1.165, 1.54) is 42.6 Å². The first-order valence-electron chi connectivity index (χ1n) is 6.02. The van der Waals surface area contributed by atoms with Crippen LogP contribution >= 0.6 is 0 Å². The second-order valence-electron chi connectivity index (χ2n) is 5.85. The molecule has 1 nitrogen and oxygen atoms in total. The third-order valence-corrected chi connectivity index (χ3v) is 2.95. The topological polar surface area (TPSA) is 12.9 Å². The number of aromatic nitrogens is 1. The molecule has 0 atom stereocenters. The summed E-state index contributed by atoms with van der Waals surface area (Å²) in [5, 5.41) is 0. The van der Waals surface area contributed by atoms with E-state index in [1.807, 2.05) is 0 Å². The quantitative estimate of drug-likeness (QED) is 0.680. The number of hydrogen-bond donors (Lipinski definition) is 0. The first-order chi connectivity index (χ1) is 7.04. The lowest BCUT2D eigenvalue weighted by Gasteiger charge is -2.20. The molecular formula is C14H21N. The molecule has 0 amide bonds. The molecule has 1 aromatic heterocycles. The van der Waals surface area contributed by atoms with Crippen LogP contribution in [-0.4, -0.2) is 4.98 Å². The van der Waals surface area contributed by atoms with Gasteiger partial charge in [0.05, 0.1) is 0 Å². The fourth-order valence-corrected chi connectivity index (χ4v) is 2.27. The maximum atomic E-state index is 4.80. The van der Waals surface area contributed by atoms with Crippen molar-refractivity contribution in [3.63, 3.8) is 0 Å². The van der Waals surface area contributed by atoms with Crippen molar-refractivity contribution < 1.29 is 0 Å². The minimum atomic E-state index is 0.343. The highest BCUT2D eigenvalue weighted by atomic mass is 14.7. The maximum Gasteiger partial charge on any atom is 0.0438 e. The Kier molecular flexibility index (Phi) is 2.81. The minimum Gasteiger partial charge on any atom is -0.258 e. The Balaban J connectivity index is 2.21. The normalized spacial score (nSPS) is 16.2. The molecule has 0 aromatic carbocycles. The van der Waals surface area contributed by atoms with Crippen molar-refractivity contribution in [1.29, 1.82) is 0 Å². The zero-order chi connectivity index (χ0) is 10.9. The molecule has 0 N–H and O–H groups in total. The Morgan fingerprint density at radius 2 is 1.87 bits per heavy atom. The predicted octanol–water partition coefficient (Wildman–Crippen LogP) is 3.55. The van der Waals surface area contributed by atoms with E-state index in [0.717, 1.165) is 6.42 Å². The smallest absolute Gasteiger partial charge is 0.0438 e. The molecule has 0 saturated heterocycles. The highest BCUT2D eigenvalue weighted by molar-refractivity contribution is 5.25. The molecule has 0 fully saturated rings. The number of pyridine rings is 1. The predicted molar refractivity (Wildman–Crippen MR) is 64.0 cm³/mol. The standard InChI is InChI=1S/C14H21N/c1-14(2,3)10-12-9-8-11-6-4-5-7-13(11)15-12/h8-9H,4-7,10H2,1-3H3. The fraction of sp³-hybridized carbons (Fsp3) is 0.643. The van der Waals surface area contributed by atoms with Crippen molar-refractivity contribution in [3.05, 3.63) is 29.1 Å². The van der Waals surface area contributed by atoms with Crippen LogP contribution in [-0.2, 0) is 19.3 Å². The SMILES string of the molecule is CC(C)(C)Cc1ccc2c(n1)CCCC2. The van der Waals surface area contributed by atoms with Crippen molar-refractivity contribution in [2.24, 2.45) is 5.41 Å². The lowest BCUT2D eigenvalue weighted by molar-refractivity contribution is 0.405. The summed E-state index contributed by atoms with van der Waals surface area (Å²) in [6.45, 7) is 6.82. The van der Waals surface area contributed by atoms with Crippen molar-refractivity contribution in [1.82, 2.24) is 4.98 Å². The lowest BCUT2D eigenvalue weighted by atomic mass is 9.89. The van der Waals surface area contributed by atoms with Crippen molar-refractivity contribution in [2.45, 2.75) is 52.9 Å². The van der Waals surface area contributed by atoms with Gasteiger partial charge in [-0.05, 0) is 49.1 Å². The summed E-state index contributed by atoms with van der Waals surface area (Å²) in [7, 11) is 0. The Labute approximate surface area is 92.9 Å². The van der Waals surface area contributed by atoms with Gasteiger partial charge in [-0.15, -0.1) is 0 Å². The minimum absolute atomic E-state index is 0.343. The van der Waals surface area contributed by atoms with E-state index in [-0.39, 0.29) is 0 Å². The van der Waals surface area contributed by atoms with Gasteiger partial charge in [0.1, 0.15) is 0 Å². The summed E-state index contributed by atoms with van der Waals surface area (Å²) in [4.78, 5) is 4.80. The van der Waals surface area contributed by atoms with Gasteiger partial charge in [-0.25, -0.2) is 0 Å². The van der Waals surface area contributed by atoms with Gasteiger partial charge in [-0.1, -0.05) is 26.8 Å². The molecular weight excluding hydrogens is 182 g/mol. The Morgan fingerprint density at radius 1 is 1.13 bits per heavy atom. The lowest BCUT2D eigenvalue weighted by Crippen LogP contribution is -2.13. The highest BCUT2D eigenvalue weighted by Gasteiger charge is 2.15. The third-order valence-electron chi connectivity index (χ3n) is 2.95. The van der Waals surface area contributed by atoms with Gasteiger partial charge in [0, 0.05) is 11.4 Å². The van der Waals surface area contributed by atoms with Crippen LogP contribution in [0.2, 0.25) is 0 Å². The van der Waals surface area contributed by atoms with Crippen molar-refractivity contribution >= 4 is 0 Å². The molecule has 1 aromatic rings. The summed E-state index contributed by atoms with van der Waals surface area (Å²) in [6.07, 6.45) is 6.16. The van der Waals surface area contributed by atoms with Gasteiger partial charge in [-0.3, -0.25) is 4.98 Å². The first kappa shape index (κ1) is 10.7. The molecule has 0 bridgehead atoms. The number of hydrogen-bond acceptors (Lipinski definition) is 1. The summed E-state index contributed by atoms with van der Waals surface area (Å²) in [5.74, 6) is 0. The van der Waals surface area contributed by atoms with E-state index < -0.39 is 0 Å². The molecule has 0 unspecified atom stereocenters. The van der Waals surface area contributed by atoms with E-state index in [2.05, 4.69) is 32.9 Å². The van der Waals surface area contributed by atoms with Crippen LogP contribution in [0.15, 0.2) is 12.1 Å². The fourth-order valence-electron chi connectivity index (χ4n) is 2.27. The number of aryl methyl sites for hydroxylation is 2. The molecule has 1 heteroatoms. The average Bonchev–Trinajstić information content (AvgIpc) is 2.15. The second-order valence-corrected chi connectivity index (χ2v) is 5.85. The van der Waals surface area contributed by atoms with Gasteiger partial charge in [-0.2, -0.15) is 0 Å². The molecule has 1 heterocycles. The Morgan fingerprint density at radius 3 is 2.60 bits per heavy atom. The Hall–Kier alpha value is -0.850. The summed E-state index contributed by atoms with van der Waals surface area (Å²) < 4.78 is 0. The van der Waals surface area contributed by atoms with E-state index in [0.29, 0.717) is 5.41 Å². The molecule has 82 valence electrons. The van der Waals surface area contributed by atoms with E-state index in [1.54, 1.807) is 0 Å². The van der Waals surface area contributed by atoms with Crippen LogP contribution in [0, 0.1) is 5.41 Å². The van der Waals surface area contributed by atoms with E-state index in [9.17, 15) is 0 Å². The molecule has 1 aliphatic carbocycles. The van der Waals surface area contributed by atoms with Gasteiger partial charge in [0.2, 0.25) is 0 Å². The summed E-state index contributed by atoms with van der Waals surface area (Å²) >= 11 is 0. The molecule has 0 saturated carbocycles. The largest absolute Gasteiger partial charge is 0.258 e. The van der Waals surface area contributed by atoms with Crippen LogP contribution < -0.4 is 0 Å². The van der Waals surface area contributed by atoms with Gasteiger partial charge in [0.25, 0.3) is 0 Å². The number of rotatable bonds is 1. The highest BCUT2D eigenvalue weighted by Crippen LogP contribution is 2.23. The number of fused-ring (bicyclic) bond motifs is 1. The van der Waals surface area contributed by atoms with E-state index >= 15 is 0 Å². The van der Waals surface area contributed by atoms with Crippen LogP contribution in [0.4, 0.5) is 0 Å². The van der Waals surface area contributed by atoms with Crippen LogP contribution in [0.3, 0.4) is 0 Å². The molecule has 0 radical (unpaired) electrons. The zero-order valence-electron chi connectivity index (χ0n) is 10.1. The molecule has 0 aliphatic heterocycles. The molecule has 15 heavy (non-hydrogen) atoms. The monoisotopic (exact) mass is 203 g/mol. The first-order valence-corrected chi connectivity index (χ1v) is 6.02. The molecule has 2 rings (SSSR count). The van der Waals surface area contributed by atoms with E-state index in [4.69, 9.17) is 4.98 Å². The average molecular weight is 203 g/mol. The van der Waals surface area contributed by atoms with Gasteiger partial charge in [0.15, 0.2) is 0 Å². The maximum absolute atomic E-state index is 4.80. The number of nitrogens with zero attached hydrogens (tertiary/aromatic N) is 1. The van der Waals surface area contributed by atoms with Crippen LogP contribution in [0.25, 0.3) is 0 Å². The molecule has 1 aliphatic rings.